The molecule has 0 radical (unpaired) electrons. The van der Waals surface area contributed by atoms with E-state index in [2.05, 4.69) is 17.1 Å². The summed E-state index contributed by atoms with van der Waals surface area (Å²) in [6.45, 7) is 1.02. The molecular weight excluding hydrogens is 404 g/mol. The normalized spacial score (nSPS) is 16.8. The Hall–Kier alpha value is -3.93. The second-order valence-electron chi connectivity index (χ2n) is 8.06. The fourth-order valence-corrected chi connectivity index (χ4v) is 4.67. The van der Waals surface area contributed by atoms with Crippen molar-refractivity contribution in [2.75, 3.05) is 13.3 Å². The Labute approximate surface area is 185 Å². The maximum absolute atomic E-state index is 13.2. The molecule has 32 heavy (non-hydrogen) atoms. The Bertz CT molecular complexity index is 1300. The second kappa shape index (κ2) is 7.64. The average Bonchev–Trinajstić information content (AvgIpc) is 3.46. The molecule has 160 valence electrons. The number of carbonyl (C=O) groups is 1. The first-order valence-electron chi connectivity index (χ1n) is 10.7. The molecule has 0 saturated heterocycles. The number of para-hydroxylation sites is 1. The van der Waals surface area contributed by atoms with Crippen molar-refractivity contribution >= 4 is 17.0 Å². The van der Waals surface area contributed by atoms with E-state index in [1.54, 1.807) is 4.90 Å². The number of aromatic amines is 1. The largest absolute Gasteiger partial charge is 0.454 e. The van der Waals surface area contributed by atoms with Gasteiger partial charge in [-0.2, -0.15) is 0 Å². The van der Waals surface area contributed by atoms with Gasteiger partial charge in [-0.25, -0.2) is 4.79 Å². The van der Waals surface area contributed by atoms with E-state index >= 15 is 0 Å². The van der Waals surface area contributed by atoms with Crippen molar-refractivity contribution in [3.05, 3.63) is 95.2 Å². The summed E-state index contributed by atoms with van der Waals surface area (Å²) in [5.74, 6) is 1.42. The lowest BCUT2D eigenvalue weighted by atomic mass is 9.92. The zero-order chi connectivity index (χ0) is 21.5. The summed E-state index contributed by atoms with van der Waals surface area (Å²) in [6.07, 6.45) is 0.432. The summed E-state index contributed by atoms with van der Waals surface area (Å²) in [5.41, 5.74) is 5.26. The van der Waals surface area contributed by atoms with Crippen LogP contribution in [0.1, 0.15) is 28.4 Å². The molecule has 2 aliphatic rings. The molecule has 0 saturated carbocycles. The van der Waals surface area contributed by atoms with Gasteiger partial charge in [0.2, 0.25) is 6.79 Å². The highest BCUT2D eigenvalue weighted by Crippen LogP contribution is 2.42. The van der Waals surface area contributed by atoms with E-state index in [4.69, 9.17) is 14.2 Å². The maximum Gasteiger partial charge on any atom is 0.410 e. The summed E-state index contributed by atoms with van der Waals surface area (Å²) in [6, 6.07) is 23.6. The number of nitrogens with one attached hydrogen (secondary N) is 1. The number of benzene rings is 3. The fourth-order valence-electron chi connectivity index (χ4n) is 4.67. The lowest BCUT2D eigenvalue weighted by Gasteiger charge is -2.35. The third-order valence-electron chi connectivity index (χ3n) is 6.19. The minimum Gasteiger partial charge on any atom is -0.454 e. The molecule has 0 unspecified atom stereocenters. The molecule has 3 aromatic carbocycles. The van der Waals surface area contributed by atoms with E-state index < -0.39 is 0 Å². The molecule has 1 aromatic heterocycles. The van der Waals surface area contributed by atoms with Gasteiger partial charge in [0.15, 0.2) is 11.5 Å². The average molecular weight is 426 g/mol. The van der Waals surface area contributed by atoms with Crippen molar-refractivity contribution in [3.8, 4) is 11.5 Å². The minimum absolute atomic E-state index is 0.212. The monoisotopic (exact) mass is 426 g/mol. The van der Waals surface area contributed by atoms with Gasteiger partial charge in [0.25, 0.3) is 0 Å². The molecule has 3 heterocycles. The Morgan fingerprint density at radius 1 is 1.00 bits per heavy atom. The fraction of sp³-hybridized carbons (Fsp3) is 0.192. The predicted octanol–water partition coefficient (Wildman–Crippen LogP) is 5.18. The highest BCUT2D eigenvalue weighted by Gasteiger charge is 2.36. The number of carbonyl (C=O) groups excluding carboxylic acids is 1. The lowest BCUT2D eigenvalue weighted by molar-refractivity contribution is 0.0831. The van der Waals surface area contributed by atoms with Gasteiger partial charge in [0, 0.05) is 23.1 Å². The number of nitrogens with zero attached hydrogens (tertiary/aromatic N) is 1. The highest BCUT2D eigenvalue weighted by molar-refractivity contribution is 5.86. The summed E-state index contributed by atoms with van der Waals surface area (Å²) in [7, 11) is 0. The number of hydrogen-bond acceptors (Lipinski definition) is 4. The Morgan fingerprint density at radius 3 is 2.72 bits per heavy atom. The number of amides is 1. The molecule has 0 spiro atoms. The van der Waals surface area contributed by atoms with Crippen LogP contribution in [0.4, 0.5) is 4.79 Å². The molecule has 6 rings (SSSR count). The van der Waals surface area contributed by atoms with Crippen LogP contribution in [0, 0.1) is 0 Å². The Morgan fingerprint density at radius 2 is 1.81 bits per heavy atom. The number of hydrogen-bond donors (Lipinski definition) is 1. The Kier molecular flexibility index (Phi) is 4.49. The third kappa shape index (κ3) is 3.15. The molecule has 1 N–H and O–H groups in total. The van der Waals surface area contributed by atoms with Gasteiger partial charge in [-0.15, -0.1) is 0 Å². The van der Waals surface area contributed by atoms with Crippen LogP contribution in [0.25, 0.3) is 10.9 Å². The van der Waals surface area contributed by atoms with Crippen LogP contribution < -0.4 is 9.47 Å². The first-order valence-corrected chi connectivity index (χ1v) is 10.7. The van der Waals surface area contributed by atoms with Crippen LogP contribution in [-0.2, 0) is 17.8 Å². The quantitative estimate of drug-likeness (QED) is 0.490. The number of aromatic nitrogens is 1. The minimum atomic E-state index is -0.333. The van der Waals surface area contributed by atoms with E-state index in [0.717, 1.165) is 34.5 Å². The zero-order valence-corrected chi connectivity index (χ0v) is 17.4. The van der Waals surface area contributed by atoms with E-state index in [0.29, 0.717) is 12.3 Å². The summed E-state index contributed by atoms with van der Waals surface area (Å²) >= 11 is 0. The molecule has 1 atom stereocenters. The van der Waals surface area contributed by atoms with Crippen LogP contribution in [-0.4, -0.2) is 29.3 Å². The SMILES string of the molecule is O=C(OCc1ccccc1)N1CCc2c([nH]c3ccccc23)[C@H]1c1ccc2c(c1)OCO2. The van der Waals surface area contributed by atoms with E-state index in [-0.39, 0.29) is 25.5 Å². The van der Waals surface area contributed by atoms with Gasteiger partial charge in [-0.05, 0) is 41.3 Å². The number of H-pyrrole nitrogens is 1. The van der Waals surface area contributed by atoms with E-state index in [1.807, 2.05) is 60.7 Å². The lowest BCUT2D eigenvalue weighted by Crippen LogP contribution is -2.40. The molecule has 1 amide bonds. The number of rotatable bonds is 3. The molecule has 4 aromatic rings. The van der Waals surface area contributed by atoms with Gasteiger partial charge < -0.3 is 19.2 Å². The molecule has 6 heteroatoms. The van der Waals surface area contributed by atoms with Crippen LogP contribution in [0.15, 0.2) is 72.8 Å². The zero-order valence-electron chi connectivity index (χ0n) is 17.4. The van der Waals surface area contributed by atoms with Crippen LogP contribution in [0.5, 0.6) is 11.5 Å². The number of fused-ring (bicyclic) bond motifs is 4. The van der Waals surface area contributed by atoms with E-state index in [1.165, 1.54) is 10.9 Å². The van der Waals surface area contributed by atoms with Gasteiger partial charge in [0.05, 0.1) is 0 Å². The van der Waals surface area contributed by atoms with Crippen molar-refractivity contribution in [1.29, 1.82) is 0 Å². The van der Waals surface area contributed by atoms with Gasteiger partial charge in [-0.3, -0.25) is 4.90 Å². The molecule has 0 bridgehead atoms. The van der Waals surface area contributed by atoms with E-state index in [9.17, 15) is 4.79 Å². The summed E-state index contributed by atoms with van der Waals surface area (Å²) in [4.78, 5) is 18.6. The van der Waals surface area contributed by atoms with Crippen molar-refractivity contribution < 1.29 is 19.0 Å². The smallest absolute Gasteiger partial charge is 0.410 e. The van der Waals surface area contributed by atoms with Crippen LogP contribution >= 0.6 is 0 Å². The van der Waals surface area contributed by atoms with Crippen molar-refractivity contribution in [2.45, 2.75) is 19.1 Å². The molecular formula is C26H22N2O4. The first-order chi connectivity index (χ1) is 15.8. The maximum atomic E-state index is 13.2. The number of ether oxygens (including phenoxy) is 3. The van der Waals surface area contributed by atoms with Crippen LogP contribution in [0.2, 0.25) is 0 Å². The van der Waals surface area contributed by atoms with Crippen LogP contribution in [0.3, 0.4) is 0 Å². The summed E-state index contributed by atoms with van der Waals surface area (Å²) < 4.78 is 16.8. The van der Waals surface area contributed by atoms with Crippen molar-refractivity contribution in [1.82, 2.24) is 9.88 Å². The molecule has 2 aliphatic heterocycles. The van der Waals surface area contributed by atoms with Crippen molar-refractivity contribution in [2.24, 2.45) is 0 Å². The van der Waals surface area contributed by atoms with Gasteiger partial charge >= 0.3 is 6.09 Å². The Balaban J connectivity index is 1.39. The van der Waals surface area contributed by atoms with Gasteiger partial charge in [0.1, 0.15) is 12.6 Å². The summed E-state index contributed by atoms with van der Waals surface area (Å²) in [5, 5.41) is 1.20. The molecule has 0 aliphatic carbocycles. The van der Waals surface area contributed by atoms with Crippen molar-refractivity contribution in [3.63, 3.8) is 0 Å². The second-order valence-corrected chi connectivity index (χ2v) is 8.06. The molecule has 6 nitrogen and oxygen atoms in total. The predicted molar refractivity (Wildman–Crippen MR) is 120 cm³/mol. The topological polar surface area (TPSA) is 63.8 Å². The third-order valence-corrected chi connectivity index (χ3v) is 6.19. The van der Waals surface area contributed by atoms with Gasteiger partial charge in [-0.1, -0.05) is 54.6 Å². The first kappa shape index (κ1) is 18.8. The highest BCUT2D eigenvalue weighted by atomic mass is 16.7. The molecule has 0 fully saturated rings. The standard InChI is InChI=1S/C26H22N2O4/c29-26(30-15-17-6-2-1-3-7-17)28-13-12-20-19-8-4-5-9-21(19)27-24(20)25(28)18-10-11-22-23(14-18)32-16-31-22/h1-11,14,25,27H,12-13,15-16H2/t25-/m1/s1.